The van der Waals surface area contributed by atoms with Gasteiger partial charge in [0.2, 0.25) is 0 Å². The minimum absolute atomic E-state index is 0.123. The molecular formula is C12H8BrCl2N3O. The average Bonchev–Trinajstić information content (AvgIpc) is 2.36. The molecule has 2 heterocycles. The fourth-order valence-corrected chi connectivity index (χ4v) is 2.08. The normalized spacial score (nSPS) is 10.3. The van der Waals surface area contributed by atoms with Crippen molar-refractivity contribution in [1.82, 2.24) is 9.97 Å². The Balaban J connectivity index is 2.30. The molecule has 0 bridgehead atoms. The predicted octanol–water partition coefficient (Wildman–Crippen LogP) is 4.11. The van der Waals surface area contributed by atoms with Gasteiger partial charge in [0.15, 0.2) is 5.15 Å². The number of aromatic nitrogens is 2. The molecule has 0 aliphatic heterocycles. The van der Waals surface area contributed by atoms with Gasteiger partial charge < -0.3 is 5.32 Å². The van der Waals surface area contributed by atoms with Crippen molar-refractivity contribution in [2.45, 2.75) is 6.92 Å². The van der Waals surface area contributed by atoms with Crippen molar-refractivity contribution in [3.05, 3.63) is 50.4 Å². The fraction of sp³-hybridized carbons (Fsp3) is 0.0833. The summed E-state index contributed by atoms with van der Waals surface area (Å²) in [6.07, 6.45) is 3.13. The summed E-state index contributed by atoms with van der Waals surface area (Å²) in [4.78, 5) is 20.0. The van der Waals surface area contributed by atoms with Crippen molar-refractivity contribution >= 4 is 50.7 Å². The van der Waals surface area contributed by atoms with E-state index in [1.807, 2.05) is 6.92 Å². The second-order valence-corrected chi connectivity index (χ2v) is 5.43. The number of hydrogen-bond acceptors (Lipinski definition) is 3. The van der Waals surface area contributed by atoms with Crippen LogP contribution in [0.15, 0.2) is 29.0 Å². The molecule has 98 valence electrons. The molecule has 0 atom stereocenters. The van der Waals surface area contributed by atoms with Crippen LogP contribution in [-0.2, 0) is 0 Å². The van der Waals surface area contributed by atoms with E-state index in [1.165, 1.54) is 6.20 Å². The van der Waals surface area contributed by atoms with Crippen LogP contribution in [-0.4, -0.2) is 15.9 Å². The van der Waals surface area contributed by atoms with Crippen LogP contribution < -0.4 is 5.32 Å². The minimum Gasteiger partial charge on any atom is -0.319 e. The van der Waals surface area contributed by atoms with Crippen molar-refractivity contribution in [3.63, 3.8) is 0 Å². The number of pyridine rings is 2. The van der Waals surface area contributed by atoms with E-state index >= 15 is 0 Å². The van der Waals surface area contributed by atoms with E-state index in [2.05, 4.69) is 31.2 Å². The largest absolute Gasteiger partial charge is 0.319 e. The van der Waals surface area contributed by atoms with Gasteiger partial charge in [-0.2, -0.15) is 0 Å². The molecule has 0 saturated carbocycles. The zero-order valence-corrected chi connectivity index (χ0v) is 12.8. The van der Waals surface area contributed by atoms with Gasteiger partial charge in [-0.3, -0.25) is 4.79 Å². The van der Waals surface area contributed by atoms with Gasteiger partial charge in [-0.15, -0.1) is 0 Å². The Labute approximate surface area is 128 Å². The van der Waals surface area contributed by atoms with Crippen LogP contribution in [0.3, 0.4) is 0 Å². The Kier molecular flexibility index (Phi) is 4.39. The third-order valence-electron chi connectivity index (χ3n) is 2.27. The molecule has 1 amide bonds. The van der Waals surface area contributed by atoms with Crippen LogP contribution in [0.1, 0.15) is 15.9 Å². The van der Waals surface area contributed by atoms with E-state index in [-0.39, 0.29) is 15.9 Å². The summed E-state index contributed by atoms with van der Waals surface area (Å²) in [7, 11) is 0. The first-order chi connectivity index (χ1) is 8.97. The Morgan fingerprint density at radius 3 is 2.63 bits per heavy atom. The standard InChI is InChI=1S/C12H8BrCl2N3O/c1-6-2-9(11(15)16-4-6)18-12(19)8-3-7(13)5-17-10(8)14/h2-5H,1H3,(H,18,19). The number of carbonyl (C=O) groups is 1. The third kappa shape index (κ3) is 3.43. The first-order valence-corrected chi connectivity index (χ1v) is 6.77. The lowest BCUT2D eigenvalue weighted by atomic mass is 10.2. The van der Waals surface area contributed by atoms with Crippen molar-refractivity contribution in [2.24, 2.45) is 0 Å². The van der Waals surface area contributed by atoms with Gasteiger partial charge in [-0.1, -0.05) is 23.2 Å². The maximum absolute atomic E-state index is 12.1. The molecule has 4 nitrogen and oxygen atoms in total. The molecule has 2 rings (SSSR count). The summed E-state index contributed by atoms with van der Waals surface area (Å²) in [5.74, 6) is -0.395. The lowest BCUT2D eigenvalue weighted by Gasteiger charge is -2.08. The summed E-state index contributed by atoms with van der Waals surface area (Å²) in [6, 6.07) is 3.31. The molecule has 0 aromatic carbocycles. The summed E-state index contributed by atoms with van der Waals surface area (Å²) < 4.78 is 0.663. The SMILES string of the molecule is Cc1cnc(Cl)c(NC(=O)c2cc(Br)cnc2Cl)c1. The first kappa shape index (κ1) is 14.2. The number of rotatable bonds is 2. The molecule has 0 aliphatic rings. The molecule has 0 radical (unpaired) electrons. The van der Waals surface area contributed by atoms with Crippen LogP contribution >= 0.6 is 39.1 Å². The number of aryl methyl sites for hydroxylation is 1. The van der Waals surface area contributed by atoms with Crippen molar-refractivity contribution < 1.29 is 4.79 Å². The van der Waals surface area contributed by atoms with E-state index in [4.69, 9.17) is 23.2 Å². The summed E-state index contributed by atoms with van der Waals surface area (Å²) in [5.41, 5.74) is 1.58. The van der Waals surface area contributed by atoms with E-state index in [0.717, 1.165) is 5.56 Å². The van der Waals surface area contributed by atoms with Crippen LogP contribution in [0.2, 0.25) is 10.3 Å². The summed E-state index contributed by atoms with van der Waals surface area (Å²) in [6.45, 7) is 1.85. The lowest BCUT2D eigenvalue weighted by Crippen LogP contribution is -2.13. The van der Waals surface area contributed by atoms with Gasteiger partial charge in [0.25, 0.3) is 5.91 Å². The fourth-order valence-electron chi connectivity index (χ4n) is 1.41. The average molecular weight is 361 g/mol. The van der Waals surface area contributed by atoms with E-state index < -0.39 is 5.91 Å². The highest BCUT2D eigenvalue weighted by molar-refractivity contribution is 9.10. The van der Waals surface area contributed by atoms with Crippen LogP contribution in [0.4, 0.5) is 5.69 Å². The van der Waals surface area contributed by atoms with Crippen LogP contribution in [0.5, 0.6) is 0 Å². The zero-order chi connectivity index (χ0) is 14.0. The quantitative estimate of drug-likeness (QED) is 0.820. The Morgan fingerprint density at radius 1 is 1.21 bits per heavy atom. The molecule has 2 aromatic rings. The maximum Gasteiger partial charge on any atom is 0.258 e. The first-order valence-electron chi connectivity index (χ1n) is 5.22. The summed E-state index contributed by atoms with van der Waals surface area (Å²) >= 11 is 15.0. The van der Waals surface area contributed by atoms with E-state index in [9.17, 15) is 4.79 Å². The second-order valence-electron chi connectivity index (χ2n) is 3.80. The molecule has 0 aliphatic carbocycles. The third-order valence-corrected chi connectivity index (χ3v) is 3.31. The smallest absolute Gasteiger partial charge is 0.258 e. The number of anilines is 1. The molecule has 19 heavy (non-hydrogen) atoms. The Morgan fingerprint density at radius 2 is 1.89 bits per heavy atom. The van der Waals surface area contributed by atoms with Gasteiger partial charge in [0.05, 0.1) is 11.3 Å². The van der Waals surface area contributed by atoms with Gasteiger partial charge in [0, 0.05) is 16.9 Å². The molecule has 0 unspecified atom stereocenters. The van der Waals surface area contributed by atoms with Crippen LogP contribution in [0.25, 0.3) is 0 Å². The highest BCUT2D eigenvalue weighted by Crippen LogP contribution is 2.23. The zero-order valence-electron chi connectivity index (χ0n) is 9.75. The second kappa shape index (κ2) is 5.86. The van der Waals surface area contributed by atoms with Crippen molar-refractivity contribution in [1.29, 1.82) is 0 Å². The van der Waals surface area contributed by atoms with E-state index in [1.54, 1.807) is 18.3 Å². The molecule has 0 fully saturated rings. The van der Waals surface area contributed by atoms with E-state index in [0.29, 0.717) is 10.2 Å². The number of carbonyl (C=O) groups excluding carboxylic acids is 1. The number of halogens is 3. The number of nitrogens with one attached hydrogen (secondary N) is 1. The van der Waals surface area contributed by atoms with Gasteiger partial charge in [-0.25, -0.2) is 9.97 Å². The van der Waals surface area contributed by atoms with Gasteiger partial charge in [-0.05, 0) is 40.5 Å². The molecule has 7 heteroatoms. The number of amides is 1. The van der Waals surface area contributed by atoms with Gasteiger partial charge >= 0.3 is 0 Å². The number of nitrogens with zero attached hydrogens (tertiary/aromatic N) is 2. The molecule has 0 spiro atoms. The van der Waals surface area contributed by atoms with Crippen molar-refractivity contribution in [2.75, 3.05) is 5.32 Å². The highest BCUT2D eigenvalue weighted by Gasteiger charge is 2.14. The molecular weight excluding hydrogens is 353 g/mol. The van der Waals surface area contributed by atoms with Crippen LogP contribution in [0, 0.1) is 6.92 Å². The molecule has 1 N–H and O–H groups in total. The predicted molar refractivity (Wildman–Crippen MR) is 78.9 cm³/mol. The maximum atomic E-state index is 12.1. The topological polar surface area (TPSA) is 54.9 Å². The summed E-state index contributed by atoms with van der Waals surface area (Å²) in [5, 5.41) is 3.00. The minimum atomic E-state index is -0.395. The highest BCUT2D eigenvalue weighted by atomic mass is 79.9. The van der Waals surface area contributed by atoms with Gasteiger partial charge in [0.1, 0.15) is 5.15 Å². The van der Waals surface area contributed by atoms with Crippen molar-refractivity contribution in [3.8, 4) is 0 Å². The Hall–Kier alpha value is -1.17. The Bertz CT molecular complexity index is 649. The number of hydrogen-bond donors (Lipinski definition) is 1. The molecule has 2 aromatic heterocycles. The lowest BCUT2D eigenvalue weighted by molar-refractivity contribution is 0.102. The monoisotopic (exact) mass is 359 g/mol. The molecule has 0 saturated heterocycles.